The average molecular weight is 388 g/mol. The maximum atomic E-state index is 12.6. The van der Waals surface area contributed by atoms with Crippen LogP contribution in [0.2, 0.25) is 0 Å². The van der Waals surface area contributed by atoms with Crippen LogP contribution in [0.1, 0.15) is 33.0 Å². The fourth-order valence-corrected chi connectivity index (χ4v) is 3.33. The molecule has 29 heavy (non-hydrogen) atoms. The summed E-state index contributed by atoms with van der Waals surface area (Å²) in [6.45, 7) is 5.57. The highest BCUT2D eigenvalue weighted by atomic mass is 16.2. The lowest BCUT2D eigenvalue weighted by atomic mass is 10.1. The van der Waals surface area contributed by atoms with Gasteiger partial charge in [-0.15, -0.1) is 5.10 Å². The number of carbonyl (C=O) groups excluding carboxylic acids is 1. The van der Waals surface area contributed by atoms with E-state index in [4.69, 9.17) is 0 Å². The molecule has 8 heteroatoms. The van der Waals surface area contributed by atoms with E-state index in [2.05, 4.69) is 25.6 Å². The van der Waals surface area contributed by atoms with Crippen molar-refractivity contribution in [3.05, 3.63) is 81.2 Å². The van der Waals surface area contributed by atoms with E-state index in [9.17, 15) is 9.59 Å². The number of H-pyrrole nitrogens is 1. The third-order valence-corrected chi connectivity index (χ3v) is 4.86. The van der Waals surface area contributed by atoms with Gasteiger partial charge in [0.25, 0.3) is 11.5 Å². The van der Waals surface area contributed by atoms with Crippen LogP contribution in [0.15, 0.2) is 47.4 Å². The van der Waals surface area contributed by atoms with Crippen LogP contribution >= 0.6 is 0 Å². The van der Waals surface area contributed by atoms with Crippen molar-refractivity contribution in [3.8, 4) is 5.69 Å². The van der Waals surface area contributed by atoms with Gasteiger partial charge in [-0.1, -0.05) is 11.3 Å². The number of amides is 1. The Bertz CT molecular complexity index is 1290. The fourth-order valence-electron chi connectivity index (χ4n) is 3.33. The van der Waals surface area contributed by atoms with Crippen molar-refractivity contribution in [3.63, 3.8) is 0 Å². The van der Waals surface area contributed by atoms with E-state index in [-0.39, 0.29) is 23.7 Å². The third kappa shape index (κ3) is 3.52. The van der Waals surface area contributed by atoms with Gasteiger partial charge in [-0.25, -0.2) is 4.68 Å². The van der Waals surface area contributed by atoms with Gasteiger partial charge in [0.2, 0.25) is 0 Å². The number of nitrogens with one attached hydrogen (secondary N) is 2. The van der Waals surface area contributed by atoms with Crippen molar-refractivity contribution in [1.82, 2.24) is 30.3 Å². The minimum atomic E-state index is -0.379. The Labute approximate surface area is 166 Å². The van der Waals surface area contributed by atoms with Crippen LogP contribution in [0.3, 0.4) is 0 Å². The van der Waals surface area contributed by atoms with Gasteiger partial charge < -0.3 is 10.3 Å². The number of carbonyl (C=O) groups is 1. The van der Waals surface area contributed by atoms with Crippen molar-refractivity contribution in [2.45, 2.75) is 27.3 Å². The zero-order valence-electron chi connectivity index (χ0n) is 16.4. The molecule has 0 fully saturated rings. The van der Waals surface area contributed by atoms with Gasteiger partial charge in [-0.3, -0.25) is 14.6 Å². The molecule has 0 aliphatic carbocycles. The molecule has 0 bridgehead atoms. The number of hydrogen-bond donors (Lipinski definition) is 2. The zero-order chi connectivity index (χ0) is 20.5. The summed E-state index contributed by atoms with van der Waals surface area (Å²) in [4.78, 5) is 31.8. The maximum absolute atomic E-state index is 12.6. The van der Waals surface area contributed by atoms with Crippen LogP contribution in [0.4, 0.5) is 0 Å². The first-order valence-corrected chi connectivity index (χ1v) is 9.19. The minimum absolute atomic E-state index is 0.119. The first-order chi connectivity index (χ1) is 13.9. The zero-order valence-corrected chi connectivity index (χ0v) is 16.4. The lowest BCUT2D eigenvalue weighted by Crippen LogP contribution is -2.28. The number of nitrogens with zero attached hydrogens (tertiary/aromatic N) is 4. The molecule has 4 rings (SSSR count). The highest BCUT2D eigenvalue weighted by Crippen LogP contribution is 2.18. The number of hydrogen-bond acceptors (Lipinski definition) is 5. The molecule has 146 valence electrons. The van der Waals surface area contributed by atoms with Crippen LogP contribution in [0, 0.1) is 20.8 Å². The standard InChI is InChI=1S/C21H20N6O2/c1-12-9-13(2)24-20(28)17(12)11-23-21(29)19-14(3)27(26-25-19)16-6-7-18-15(10-16)5-4-8-22-18/h4-10H,11H2,1-3H3,(H,23,29)(H,24,28). The molecule has 2 N–H and O–H groups in total. The maximum Gasteiger partial charge on any atom is 0.274 e. The fraction of sp³-hybridized carbons (Fsp3) is 0.190. The van der Waals surface area contributed by atoms with Gasteiger partial charge in [0.15, 0.2) is 5.69 Å². The molecular formula is C21H20N6O2. The molecule has 3 aromatic heterocycles. The summed E-state index contributed by atoms with van der Waals surface area (Å²) in [7, 11) is 0. The number of aromatic nitrogens is 5. The van der Waals surface area contributed by atoms with Crippen molar-refractivity contribution in [2.75, 3.05) is 0 Å². The second-order valence-corrected chi connectivity index (χ2v) is 6.94. The summed E-state index contributed by atoms with van der Waals surface area (Å²) in [6, 6.07) is 11.4. The minimum Gasteiger partial charge on any atom is -0.346 e. The normalized spacial score (nSPS) is 11.0. The molecule has 0 saturated carbocycles. The monoisotopic (exact) mass is 388 g/mol. The number of fused-ring (bicyclic) bond motifs is 1. The highest BCUT2D eigenvalue weighted by Gasteiger charge is 2.18. The Morgan fingerprint density at radius 2 is 2.00 bits per heavy atom. The molecule has 0 aliphatic heterocycles. The second kappa shape index (κ2) is 7.31. The van der Waals surface area contributed by atoms with Crippen molar-refractivity contribution >= 4 is 16.8 Å². The lowest BCUT2D eigenvalue weighted by molar-refractivity contribution is 0.0945. The predicted octanol–water partition coefficient (Wildman–Crippen LogP) is 2.36. The van der Waals surface area contributed by atoms with Crippen LogP contribution in [0.5, 0.6) is 0 Å². The molecule has 8 nitrogen and oxygen atoms in total. The summed E-state index contributed by atoms with van der Waals surface area (Å²) in [5.74, 6) is -0.379. The van der Waals surface area contributed by atoms with E-state index < -0.39 is 0 Å². The molecule has 1 amide bonds. The van der Waals surface area contributed by atoms with E-state index in [1.807, 2.05) is 50.2 Å². The quantitative estimate of drug-likeness (QED) is 0.558. The van der Waals surface area contributed by atoms with E-state index in [1.165, 1.54) is 0 Å². The molecule has 0 unspecified atom stereocenters. The Hall–Kier alpha value is -3.81. The molecule has 0 atom stereocenters. The number of rotatable bonds is 4. The van der Waals surface area contributed by atoms with E-state index in [1.54, 1.807) is 17.8 Å². The molecule has 0 saturated heterocycles. The molecule has 0 radical (unpaired) electrons. The Morgan fingerprint density at radius 3 is 2.79 bits per heavy atom. The van der Waals surface area contributed by atoms with Crippen LogP contribution in [-0.2, 0) is 6.54 Å². The van der Waals surface area contributed by atoms with Crippen molar-refractivity contribution < 1.29 is 4.79 Å². The van der Waals surface area contributed by atoms with E-state index >= 15 is 0 Å². The van der Waals surface area contributed by atoms with Gasteiger partial charge >= 0.3 is 0 Å². The summed E-state index contributed by atoms with van der Waals surface area (Å²) >= 11 is 0. The number of benzene rings is 1. The molecule has 0 aliphatic rings. The van der Waals surface area contributed by atoms with Crippen LogP contribution < -0.4 is 10.9 Å². The largest absolute Gasteiger partial charge is 0.346 e. The predicted molar refractivity (Wildman–Crippen MR) is 109 cm³/mol. The first-order valence-electron chi connectivity index (χ1n) is 9.19. The van der Waals surface area contributed by atoms with Gasteiger partial charge in [-0.2, -0.15) is 0 Å². The number of aromatic amines is 1. The summed E-state index contributed by atoms with van der Waals surface area (Å²) in [5.41, 5.74) is 4.44. The first kappa shape index (κ1) is 18.5. The third-order valence-electron chi connectivity index (χ3n) is 4.86. The smallest absolute Gasteiger partial charge is 0.274 e. The summed E-state index contributed by atoms with van der Waals surface area (Å²) in [5, 5.41) is 11.9. The van der Waals surface area contributed by atoms with E-state index in [0.717, 1.165) is 27.8 Å². The Balaban J connectivity index is 1.58. The van der Waals surface area contributed by atoms with Gasteiger partial charge in [-0.05, 0) is 56.7 Å². The van der Waals surface area contributed by atoms with Gasteiger partial charge in [0, 0.05) is 29.4 Å². The Kier molecular flexibility index (Phi) is 4.67. The van der Waals surface area contributed by atoms with Crippen molar-refractivity contribution in [1.29, 1.82) is 0 Å². The topological polar surface area (TPSA) is 106 Å². The summed E-state index contributed by atoms with van der Waals surface area (Å²) in [6.07, 6.45) is 1.74. The molecule has 4 aromatic rings. The molecule has 3 heterocycles. The molecular weight excluding hydrogens is 368 g/mol. The SMILES string of the molecule is Cc1cc(C)c(CNC(=O)c2nnn(-c3ccc4ncccc4c3)c2C)c(=O)[nH]1. The molecule has 1 aromatic carbocycles. The van der Waals surface area contributed by atoms with Gasteiger partial charge in [0.1, 0.15) is 0 Å². The Morgan fingerprint density at radius 1 is 1.17 bits per heavy atom. The highest BCUT2D eigenvalue weighted by molar-refractivity contribution is 5.93. The molecule has 0 spiro atoms. The van der Waals surface area contributed by atoms with Gasteiger partial charge in [0.05, 0.1) is 16.9 Å². The summed E-state index contributed by atoms with van der Waals surface area (Å²) < 4.78 is 1.62. The van der Waals surface area contributed by atoms with Crippen molar-refractivity contribution in [2.24, 2.45) is 0 Å². The van der Waals surface area contributed by atoms with Crippen LogP contribution in [0.25, 0.3) is 16.6 Å². The average Bonchev–Trinajstić information content (AvgIpc) is 3.08. The van der Waals surface area contributed by atoms with Crippen LogP contribution in [-0.4, -0.2) is 30.9 Å². The van der Waals surface area contributed by atoms with E-state index in [0.29, 0.717) is 11.3 Å². The second-order valence-electron chi connectivity index (χ2n) is 6.94. The lowest BCUT2D eigenvalue weighted by Gasteiger charge is -2.08. The number of aryl methyl sites for hydroxylation is 2. The number of pyridine rings is 2.